The molecule has 0 aliphatic rings. The Hall–Kier alpha value is -6.12. The Kier molecular flexibility index (Phi) is 6.17. The normalized spacial score (nSPS) is 11.5. The van der Waals surface area contributed by atoms with Crippen LogP contribution >= 0.6 is 0 Å². The standard InChI is InChI=1S/C44H29NO/c1-3-11-30(12-4-1)32-19-22-37(23-20-32)45(38-24-21-31-13-7-8-16-34(31)27-38)40-25-26-41-44(43(40)33-14-5-2-6-15-33)39-28-35-17-9-10-18-36(35)29-42(39)46-41/h1-29H. The van der Waals surface area contributed by atoms with Crippen LogP contribution in [0.2, 0.25) is 0 Å². The first kappa shape index (κ1) is 26.3. The van der Waals surface area contributed by atoms with Crippen molar-refractivity contribution in [2.45, 2.75) is 0 Å². The summed E-state index contributed by atoms with van der Waals surface area (Å²) in [6, 6.07) is 62.8. The molecule has 0 unspecified atom stereocenters. The van der Waals surface area contributed by atoms with E-state index in [0.717, 1.165) is 50.1 Å². The highest BCUT2D eigenvalue weighted by atomic mass is 16.3. The SMILES string of the molecule is c1ccc(-c2ccc(N(c3ccc4ccccc4c3)c3ccc4oc5cc6ccccc6cc5c4c3-c3ccccc3)cc2)cc1. The van der Waals surface area contributed by atoms with Crippen molar-refractivity contribution in [2.75, 3.05) is 4.90 Å². The summed E-state index contributed by atoms with van der Waals surface area (Å²) in [6.45, 7) is 0. The summed E-state index contributed by atoms with van der Waals surface area (Å²) in [5.74, 6) is 0. The minimum atomic E-state index is 0.880. The first-order chi connectivity index (χ1) is 22.8. The lowest BCUT2D eigenvalue weighted by atomic mass is 9.95. The number of furan rings is 1. The van der Waals surface area contributed by atoms with Gasteiger partial charge in [-0.05, 0) is 86.8 Å². The van der Waals surface area contributed by atoms with E-state index in [9.17, 15) is 0 Å². The summed E-state index contributed by atoms with van der Waals surface area (Å²) >= 11 is 0. The molecule has 0 saturated heterocycles. The summed E-state index contributed by atoms with van der Waals surface area (Å²) in [7, 11) is 0. The lowest BCUT2D eigenvalue weighted by Crippen LogP contribution is -2.11. The molecule has 8 aromatic carbocycles. The second-order valence-corrected chi connectivity index (χ2v) is 11.8. The monoisotopic (exact) mass is 587 g/mol. The van der Waals surface area contributed by atoms with Crippen molar-refractivity contribution in [1.29, 1.82) is 0 Å². The second kappa shape index (κ2) is 10.8. The molecule has 0 N–H and O–H groups in total. The zero-order valence-electron chi connectivity index (χ0n) is 25.1. The van der Waals surface area contributed by atoms with Crippen LogP contribution in [0, 0.1) is 0 Å². The third kappa shape index (κ3) is 4.43. The van der Waals surface area contributed by atoms with Crippen LogP contribution in [0.15, 0.2) is 180 Å². The van der Waals surface area contributed by atoms with Gasteiger partial charge in [0.25, 0.3) is 0 Å². The van der Waals surface area contributed by atoms with Gasteiger partial charge in [-0.15, -0.1) is 0 Å². The third-order valence-corrected chi connectivity index (χ3v) is 9.01. The molecule has 0 spiro atoms. The van der Waals surface area contributed by atoms with Gasteiger partial charge in [0, 0.05) is 27.7 Å². The van der Waals surface area contributed by atoms with E-state index in [1.807, 2.05) is 0 Å². The van der Waals surface area contributed by atoms with Gasteiger partial charge >= 0.3 is 0 Å². The van der Waals surface area contributed by atoms with Crippen LogP contribution in [0.4, 0.5) is 17.1 Å². The molecule has 2 heteroatoms. The number of hydrogen-bond donors (Lipinski definition) is 0. The minimum Gasteiger partial charge on any atom is -0.456 e. The summed E-state index contributed by atoms with van der Waals surface area (Å²) in [5, 5.41) is 7.03. The van der Waals surface area contributed by atoms with E-state index >= 15 is 0 Å². The van der Waals surface area contributed by atoms with Crippen molar-refractivity contribution >= 4 is 60.5 Å². The van der Waals surface area contributed by atoms with Crippen molar-refractivity contribution in [3.05, 3.63) is 176 Å². The van der Waals surface area contributed by atoms with Crippen LogP contribution in [0.3, 0.4) is 0 Å². The zero-order chi connectivity index (χ0) is 30.5. The number of hydrogen-bond acceptors (Lipinski definition) is 2. The molecule has 2 nitrogen and oxygen atoms in total. The Labute approximate surface area is 267 Å². The van der Waals surface area contributed by atoms with E-state index in [1.54, 1.807) is 0 Å². The van der Waals surface area contributed by atoms with Gasteiger partial charge in [0.2, 0.25) is 0 Å². The van der Waals surface area contributed by atoms with Crippen molar-refractivity contribution in [3.63, 3.8) is 0 Å². The summed E-state index contributed by atoms with van der Waals surface area (Å²) in [6.07, 6.45) is 0. The molecule has 1 heterocycles. The van der Waals surface area contributed by atoms with Crippen molar-refractivity contribution < 1.29 is 4.42 Å². The van der Waals surface area contributed by atoms with Crippen molar-refractivity contribution in [1.82, 2.24) is 0 Å². The second-order valence-electron chi connectivity index (χ2n) is 11.8. The first-order valence-corrected chi connectivity index (χ1v) is 15.7. The van der Waals surface area contributed by atoms with Crippen molar-refractivity contribution in [2.24, 2.45) is 0 Å². The van der Waals surface area contributed by atoms with E-state index in [4.69, 9.17) is 4.42 Å². The third-order valence-electron chi connectivity index (χ3n) is 9.01. The quantitative estimate of drug-likeness (QED) is 0.199. The fraction of sp³-hybridized carbons (Fsp3) is 0. The smallest absolute Gasteiger partial charge is 0.136 e. The van der Waals surface area contributed by atoms with Crippen LogP contribution in [-0.2, 0) is 0 Å². The van der Waals surface area contributed by atoms with E-state index < -0.39 is 0 Å². The van der Waals surface area contributed by atoms with Crippen LogP contribution in [0.1, 0.15) is 0 Å². The molecule has 46 heavy (non-hydrogen) atoms. The number of fused-ring (bicyclic) bond motifs is 5. The van der Waals surface area contributed by atoms with E-state index in [0.29, 0.717) is 0 Å². The van der Waals surface area contributed by atoms with Gasteiger partial charge in [-0.2, -0.15) is 0 Å². The predicted molar refractivity (Wildman–Crippen MR) is 194 cm³/mol. The molecule has 216 valence electrons. The maximum atomic E-state index is 6.57. The van der Waals surface area contributed by atoms with Gasteiger partial charge in [0.15, 0.2) is 0 Å². The molecular weight excluding hydrogens is 558 g/mol. The molecule has 0 aliphatic heterocycles. The van der Waals surface area contributed by atoms with Crippen LogP contribution in [-0.4, -0.2) is 0 Å². The van der Waals surface area contributed by atoms with E-state index in [2.05, 4.69) is 181 Å². The molecule has 9 aromatic rings. The van der Waals surface area contributed by atoms with Crippen LogP contribution in [0.25, 0.3) is 65.7 Å². The first-order valence-electron chi connectivity index (χ1n) is 15.7. The minimum absolute atomic E-state index is 0.880. The van der Waals surface area contributed by atoms with Gasteiger partial charge < -0.3 is 9.32 Å². The zero-order valence-corrected chi connectivity index (χ0v) is 25.1. The fourth-order valence-corrected chi connectivity index (χ4v) is 6.80. The molecule has 0 radical (unpaired) electrons. The number of rotatable bonds is 5. The molecule has 0 aliphatic carbocycles. The van der Waals surface area contributed by atoms with Gasteiger partial charge in [0.1, 0.15) is 11.2 Å². The molecule has 9 rings (SSSR count). The highest BCUT2D eigenvalue weighted by molar-refractivity contribution is 6.18. The Morgan fingerprint density at radius 1 is 0.370 bits per heavy atom. The molecule has 0 bridgehead atoms. The number of benzene rings is 8. The van der Waals surface area contributed by atoms with E-state index in [1.165, 1.54) is 32.7 Å². The topological polar surface area (TPSA) is 16.4 Å². The van der Waals surface area contributed by atoms with Crippen LogP contribution in [0.5, 0.6) is 0 Å². The number of anilines is 3. The fourth-order valence-electron chi connectivity index (χ4n) is 6.80. The Balaban J connectivity index is 1.34. The summed E-state index contributed by atoms with van der Waals surface area (Å²) in [4.78, 5) is 2.39. The predicted octanol–water partition coefficient (Wildman–Crippen LogP) is 12.7. The Morgan fingerprint density at radius 2 is 0.935 bits per heavy atom. The molecule has 0 fully saturated rings. The average molecular weight is 588 g/mol. The highest BCUT2D eigenvalue weighted by Crippen LogP contribution is 2.48. The molecule has 0 atom stereocenters. The van der Waals surface area contributed by atoms with E-state index in [-0.39, 0.29) is 0 Å². The Bertz CT molecular complexity index is 2510. The summed E-state index contributed by atoms with van der Waals surface area (Å²) in [5.41, 5.74) is 9.74. The molecule has 0 saturated carbocycles. The van der Waals surface area contributed by atoms with Crippen LogP contribution < -0.4 is 4.90 Å². The van der Waals surface area contributed by atoms with Gasteiger partial charge in [-0.25, -0.2) is 0 Å². The van der Waals surface area contributed by atoms with Gasteiger partial charge in [-0.3, -0.25) is 0 Å². The molecular formula is C44H29NO. The maximum absolute atomic E-state index is 6.57. The Morgan fingerprint density at radius 3 is 1.65 bits per heavy atom. The van der Waals surface area contributed by atoms with Crippen molar-refractivity contribution in [3.8, 4) is 22.3 Å². The molecule has 1 aromatic heterocycles. The molecule has 0 amide bonds. The summed E-state index contributed by atoms with van der Waals surface area (Å²) < 4.78 is 6.57. The number of nitrogens with zero attached hydrogens (tertiary/aromatic N) is 1. The lowest BCUT2D eigenvalue weighted by Gasteiger charge is -2.29. The maximum Gasteiger partial charge on any atom is 0.136 e. The largest absolute Gasteiger partial charge is 0.456 e. The average Bonchev–Trinajstić information content (AvgIpc) is 3.49. The van der Waals surface area contributed by atoms with Gasteiger partial charge in [-0.1, -0.05) is 127 Å². The highest BCUT2D eigenvalue weighted by Gasteiger charge is 2.23. The van der Waals surface area contributed by atoms with Gasteiger partial charge in [0.05, 0.1) is 5.69 Å². The lowest BCUT2D eigenvalue weighted by molar-refractivity contribution is 0.669.